The Labute approximate surface area is 111 Å². The van der Waals surface area contributed by atoms with Gasteiger partial charge in [0.25, 0.3) is 0 Å². The Morgan fingerprint density at radius 1 is 1.47 bits per heavy atom. The zero-order valence-corrected chi connectivity index (χ0v) is 11.5. The molecule has 1 fully saturated rings. The van der Waals surface area contributed by atoms with Crippen molar-refractivity contribution >= 4 is 35.1 Å². The number of nitrogens with zero attached hydrogens (tertiary/aromatic N) is 3. The Bertz CT molecular complexity index is 366. The molecule has 1 N–H and O–H groups in total. The molecule has 0 bridgehead atoms. The highest BCUT2D eigenvalue weighted by Crippen LogP contribution is 2.25. The summed E-state index contributed by atoms with van der Waals surface area (Å²) >= 11 is 8.17. The normalized spacial score (nSPS) is 16.7. The van der Waals surface area contributed by atoms with E-state index in [0.29, 0.717) is 11.0 Å². The number of rotatable bonds is 3. The van der Waals surface area contributed by atoms with Gasteiger partial charge in [-0.1, -0.05) is 11.6 Å². The van der Waals surface area contributed by atoms with Gasteiger partial charge in [0.2, 0.25) is 5.95 Å². The van der Waals surface area contributed by atoms with Crippen molar-refractivity contribution in [1.29, 1.82) is 0 Å². The lowest BCUT2D eigenvalue weighted by molar-refractivity contribution is 0.799. The largest absolute Gasteiger partial charge is 0.354 e. The quantitative estimate of drug-likeness (QED) is 0.916. The molecule has 0 radical (unpaired) electrons. The minimum absolute atomic E-state index is 0.638. The molecule has 17 heavy (non-hydrogen) atoms. The fourth-order valence-electron chi connectivity index (χ4n) is 1.78. The molecule has 6 heteroatoms. The number of hydrogen-bond donors (Lipinski definition) is 1. The van der Waals surface area contributed by atoms with Crippen LogP contribution in [0.3, 0.4) is 0 Å². The molecule has 2 rings (SSSR count). The van der Waals surface area contributed by atoms with Crippen LogP contribution >= 0.6 is 23.4 Å². The van der Waals surface area contributed by atoms with Crippen molar-refractivity contribution in [3.8, 4) is 0 Å². The van der Waals surface area contributed by atoms with Crippen LogP contribution in [0.25, 0.3) is 0 Å². The van der Waals surface area contributed by atoms with Crippen LogP contribution in [0, 0.1) is 0 Å². The summed E-state index contributed by atoms with van der Waals surface area (Å²) in [4.78, 5) is 10.9. The van der Waals surface area contributed by atoms with Crippen molar-refractivity contribution < 1.29 is 0 Å². The van der Waals surface area contributed by atoms with Crippen LogP contribution < -0.4 is 10.2 Å². The van der Waals surface area contributed by atoms with Gasteiger partial charge in [0.05, 0.1) is 6.20 Å². The monoisotopic (exact) mass is 272 g/mol. The van der Waals surface area contributed by atoms with Gasteiger partial charge in [-0.05, 0) is 19.1 Å². The third-order valence-electron chi connectivity index (χ3n) is 2.58. The standard InChI is InChI=1S/C11H17ClN4S/c1-2-13-11-14-8-9(12)10(15-11)16-4-3-6-17-7-5-16/h8H,2-7H2,1H3,(H,13,14,15). The smallest absolute Gasteiger partial charge is 0.224 e. The number of hydrogen-bond acceptors (Lipinski definition) is 5. The minimum atomic E-state index is 0.638. The molecule has 1 aliphatic heterocycles. The van der Waals surface area contributed by atoms with Crippen LogP contribution in [-0.4, -0.2) is 41.1 Å². The van der Waals surface area contributed by atoms with Crippen LogP contribution in [0.1, 0.15) is 13.3 Å². The summed E-state index contributed by atoms with van der Waals surface area (Å²) in [5.41, 5.74) is 0. The van der Waals surface area contributed by atoms with Crippen molar-refractivity contribution in [1.82, 2.24) is 9.97 Å². The molecule has 1 aliphatic rings. The van der Waals surface area contributed by atoms with Crippen LogP contribution in [0.15, 0.2) is 6.20 Å². The first-order chi connectivity index (χ1) is 8.31. The zero-order chi connectivity index (χ0) is 12.1. The first-order valence-electron chi connectivity index (χ1n) is 5.90. The maximum atomic E-state index is 6.18. The summed E-state index contributed by atoms with van der Waals surface area (Å²) in [5, 5.41) is 3.75. The number of anilines is 2. The van der Waals surface area contributed by atoms with Crippen LogP contribution in [0.2, 0.25) is 5.02 Å². The van der Waals surface area contributed by atoms with Gasteiger partial charge in [0.1, 0.15) is 5.02 Å². The molecule has 1 saturated heterocycles. The SMILES string of the molecule is CCNc1ncc(Cl)c(N2CCCSCC2)n1. The van der Waals surface area contributed by atoms with Crippen molar-refractivity contribution in [3.63, 3.8) is 0 Å². The maximum Gasteiger partial charge on any atom is 0.224 e. The van der Waals surface area contributed by atoms with Gasteiger partial charge in [0.15, 0.2) is 5.82 Å². The summed E-state index contributed by atoms with van der Waals surface area (Å²) in [6, 6.07) is 0. The van der Waals surface area contributed by atoms with E-state index in [-0.39, 0.29) is 0 Å². The minimum Gasteiger partial charge on any atom is -0.354 e. The lowest BCUT2D eigenvalue weighted by Gasteiger charge is -2.22. The molecule has 0 amide bonds. The predicted octanol–water partition coefficient (Wildman–Crippen LogP) is 2.51. The second-order valence-corrected chi connectivity index (χ2v) is 5.48. The van der Waals surface area contributed by atoms with Gasteiger partial charge >= 0.3 is 0 Å². The number of halogens is 1. The van der Waals surface area contributed by atoms with E-state index >= 15 is 0 Å². The Hall–Kier alpha value is -0.680. The Morgan fingerprint density at radius 2 is 2.35 bits per heavy atom. The third kappa shape index (κ3) is 3.39. The molecular weight excluding hydrogens is 256 g/mol. The van der Waals surface area contributed by atoms with Crippen molar-refractivity contribution in [2.24, 2.45) is 0 Å². The Kier molecular flexibility index (Phi) is 4.74. The lowest BCUT2D eigenvalue weighted by Crippen LogP contribution is -2.27. The van der Waals surface area contributed by atoms with Gasteiger partial charge < -0.3 is 10.2 Å². The van der Waals surface area contributed by atoms with Crippen molar-refractivity contribution in [2.45, 2.75) is 13.3 Å². The average molecular weight is 273 g/mol. The Balaban J connectivity index is 2.19. The van der Waals surface area contributed by atoms with Gasteiger partial charge in [0, 0.05) is 25.4 Å². The fraction of sp³-hybridized carbons (Fsp3) is 0.636. The number of thioether (sulfide) groups is 1. The van der Waals surface area contributed by atoms with Crippen molar-refractivity contribution in [2.75, 3.05) is 41.4 Å². The van der Waals surface area contributed by atoms with Crippen molar-refractivity contribution in [3.05, 3.63) is 11.2 Å². The molecule has 0 aromatic carbocycles. The van der Waals surface area contributed by atoms with Crippen LogP contribution in [0.4, 0.5) is 11.8 Å². The van der Waals surface area contributed by atoms with Gasteiger partial charge in [-0.2, -0.15) is 16.7 Å². The summed E-state index contributed by atoms with van der Waals surface area (Å²) in [6.45, 7) is 4.87. The molecule has 0 aliphatic carbocycles. The molecule has 94 valence electrons. The van der Waals surface area contributed by atoms with Gasteiger partial charge in [-0.25, -0.2) is 4.98 Å². The first kappa shape index (κ1) is 12.8. The van der Waals surface area contributed by atoms with Crippen LogP contribution in [-0.2, 0) is 0 Å². The van der Waals surface area contributed by atoms with E-state index in [1.807, 2.05) is 18.7 Å². The predicted molar refractivity (Wildman–Crippen MR) is 75.4 cm³/mol. The maximum absolute atomic E-state index is 6.18. The van der Waals surface area contributed by atoms with E-state index in [4.69, 9.17) is 11.6 Å². The number of aromatic nitrogens is 2. The molecule has 0 atom stereocenters. The topological polar surface area (TPSA) is 41.1 Å². The highest BCUT2D eigenvalue weighted by molar-refractivity contribution is 7.99. The average Bonchev–Trinajstić information content (AvgIpc) is 2.60. The number of nitrogens with one attached hydrogen (secondary N) is 1. The molecule has 0 unspecified atom stereocenters. The summed E-state index contributed by atoms with van der Waals surface area (Å²) < 4.78 is 0. The Morgan fingerprint density at radius 3 is 3.18 bits per heavy atom. The fourth-order valence-corrected chi connectivity index (χ4v) is 2.88. The lowest BCUT2D eigenvalue weighted by atomic mass is 10.4. The zero-order valence-electron chi connectivity index (χ0n) is 9.95. The molecule has 1 aromatic heterocycles. The highest BCUT2D eigenvalue weighted by Gasteiger charge is 2.15. The van der Waals surface area contributed by atoms with Gasteiger partial charge in [-0.15, -0.1) is 0 Å². The van der Waals surface area contributed by atoms with E-state index in [0.717, 1.165) is 31.2 Å². The molecule has 0 spiro atoms. The van der Waals surface area contributed by atoms with E-state index < -0.39 is 0 Å². The first-order valence-corrected chi connectivity index (χ1v) is 7.43. The molecule has 2 heterocycles. The van der Waals surface area contributed by atoms with Gasteiger partial charge in [-0.3, -0.25) is 0 Å². The summed E-state index contributed by atoms with van der Waals surface area (Å²) in [7, 11) is 0. The third-order valence-corrected chi connectivity index (χ3v) is 3.90. The second-order valence-electron chi connectivity index (χ2n) is 3.85. The molecule has 4 nitrogen and oxygen atoms in total. The van der Waals surface area contributed by atoms with E-state index in [2.05, 4.69) is 20.2 Å². The van der Waals surface area contributed by atoms with E-state index in [1.54, 1.807) is 6.20 Å². The van der Waals surface area contributed by atoms with E-state index in [1.165, 1.54) is 12.2 Å². The van der Waals surface area contributed by atoms with E-state index in [9.17, 15) is 0 Å². The molecule has 0 saturated carbocycles. The molecular formula is C11H17ClN4S. The highest BCUT2D eigenvalue weighted by atomic mass is 35.5. The second kappa shape index (κ2) is 6.31. The summed E-state index contributed by atoms with van der Waals surface area (Å²) in [5.74, 6) is 3.87. The molecule has 1 aromatic rings. The van der Waals surface area contributed by atoms with Crippen LogP contribution in [0.5, 0.6) is 0 Å². The summed E-state index contributed by atoms with van der Waals surface area (Å²) in [6.07, 6.45) is 2.86.